The van der Waals surface area contributed by atoms with Crippen LogP contribution in [-0.4, -0.2) is 16.9 Å². The van der Waals surface area contributed by atoms with Gasteiger partial charge in [0.1, 0.15) is 5.69 Å². The molecule has 108 valence electrons. The summed E-state index contributed by atoms with van der Waals surface area (Å²) in [5, 5.41) is 4.94. The van der Waals surface area contributed by atoms with E-state index in [0.29, 0.717) is 10.8 Å². The minimum absolute atomic E-state index is 0.277. The van der Waals surface area contributed by atoms with Gasteiger partial charge in [-0.1, -0.05) is 27.5 Å². The topological polar surface area (TPSA) is 65.1 Å². The summed E-state index contributed by atoms with van der Waals surface area (Å²) in [6, 6.07) is 5.29. The molecule has 1 aromatic carbocycles. The van der Waals surface area contributed by atoms with Gasteiger partial charge in [-0.3, -0.25) is 10.5 Å². The second-order valence-electron chi connectivity index (χ2n) is 4.18. The van der Waals surface area contributed by atoms with Crippen molar-refractivity contribution >= 4 is 27.5 Å². The number of nitrogens with zero attached hydrogens (tertiary/aromatic N) is 2. The van der Waals surface area contributed by atoms with Gasteiger partial charge in [-0.05, 0) is 30.7 Å². The Hall–Kier alpha value is -1.08. The third-order valence-electron chi connectivity index (χ3n) is 3.07. The zero-order chi connectivity index (χ0) is 14.7. The first-order valence-electron chi connectivity index (χ1n) is 6.13. The van der Waals surface area contributed by atoms with Crippen molar-refractivity contribution in [1.29, 1.82) is 0 Å². The third kappa shape index (κ3) is 2.83. The number of hydrogen-bond acceptors (Lipinski definition) is 4. The van der Waals surface area contributed by atoms with Crippen LogP contribution in [0.15, 0.2) is 28.9 Å². The average Bonchev–Trinajstić information content (AvgIpc) is 2.86. The Kier molecular flexibility index (Phi) is 5.04. The van der Waals surface area contributed by atoms with E-state index in [4.69, 9.17) is 22.2 Å². The molecule has 0 aliphatic heterocycles. The maximum Gasteiger partial charge on any atom is 0.161 e. The van der Waals surface area contributed by atoms with Gasteiger partial charge in [-0.15, -0.1) is 0 Å². The average molecular weight is 360 g/mol. The first-order valence-corrected chi connectivity index (χ1v) is 7.30. The lowest BCUT2D eigenvalue weighted by atomic mass is 10.0. The van der Waals surface area contributed by atoms with Crippen LogP contribution in [0.3, 0.4) is 0 Å². The van der Waals surface area contributed by atoms with Crippen LogP contribution in [0.5, 0.6) is 5.75 Å². The van der Waals surface area contributed by atoms with Gasteiger partial charge in [0, 0.05) is 16.0 Å². The molecule has 1 heterocycles. The Morgan fingerprint density at radius 3 is 2.90 bits per heavy atom. The summed E-state index contributed by atoms with van der Waals surface area (Å²) in [4.78, 5) is 0. The summed E-state index contributed by atoms with van der Waals surface area (Å²) >= 11 is 9.61. The number of ether oxygens (including phenoxy) is 1. The molecule has 0 saturated carbocycles. The molecule has 0 amide bonds. The van der Waals surface area contributed by atoms with Crippen LogP contribution < -0.4 is 16.0 Å². The molecule has 0 fully saturated rings. The Morgan fingerprint density at radius 2 is 2.30 bits per heavy atom. The van der Waals surface area contributed by atoms with Gasteiger partial charge in [0.15, 0.2) is 5.75 Å². The Morgan fingerprint density at radius 1 is 1.55 bits per heavy atom. The molecule has 7 heteroatoms. The first-order chi connectivity index (χ1) is 9.62. The van der Waals surface area contributed by atoms with Gasteiger partial charge >= 0.3 is 0 Å². The minimum atomic E-state index is -0.277. The number of halogens is 2. The van der Waals surface area contributed by atoms with Crippen LogP contribution >= 0.6 is 27.5 Å². The summed E-state index contributed by atoms with van der Waals surface area (Å²) in [7, 11) is 1.61. The molecule has 0 aliphatic rings. The van der Waals surface area contributed by atoms with E-state index in [9.17, 15) is 0 Å². The highest BCUT2D eigenvalue weighted by Crippen LogP contribution is 2.34. The number of aryl methyl sites for hydroxylation is 1. The van der Waals surface area contributed by atoms with Crippen LogP contribution in [0, 0.1) is 0 Å². The summed E-state index contributed by atoms with van der Waals surface area (Å²) in [6.45, 7) is 2.73. The fourth-order valence-corrected chi connectivity index (χ4v) is 2.79. The number of benzene rings is 1. The van der Waals surface area contributed by atoms with Crippen LogP contribution in [-0.2, 0) is 6.54 Å². The largest absolute Gasteiger partial charge is 0.493 e. The molecule has 0 radical (unpaired) electrons. The molecule has 5 nitrogen and oxygen atoms in total. The molecule has 0 aliphatic carbocycles. The van der Waals surface area contributed by atoms with Crippen molar-refractivity contribution in [2.75, 3.05) is 7.11 Å². The number of aromatic nitrogens is 2. The number of nitrogens with two attached hydrogens (primary N) is 1. The summed E-state index contributed by atoms with van der Waals surface area (Å²) < 4.78 is 8.13. The SMILES string of the molecule is CCn1ncc(OC)c1C(NN)c1cc(Cl)ccc1Br. The molecular weight excluding hydrogens is 344 g/mol. The molecule has 20 heavy (non-hydrogen) atoms. The van der Waals surface area contributed by atoms with Crippen molar-refractivity contribution in [3.8, 4) is 5.75 Å². The van der Waals surface area contributed by atoms with Gasteiger partial charge in [0.05, 0.1) is 19.3 Å². The number of methoxy groups -OCH3 is 1. The van der Waals surface area contributed by atoms with E-state index in [1.165, 1.54) is 0 Å². The fraction of sp³-hybridized carbons (Fsp3) is 0.308. The van der Waals surface area contributed by atoms with Crippen molar-refractivity contribution in [1.82, 2.24) is 15.2 Å². The maximum absolute atomic E-state index is 6.08. The lowest BCUT2D eigenvalue weighted by Gasteiger charge is -2.20. The second kappa shape index (κ2) is 6.58. The van der Waals surface area contributed by atoms with Crippen molar-refractivity contribution in [3.63, 3.8) is 0 Å². The van der Waals surface area contributed by atoms with E-state index < -0.39 is 0 Å². The van der Waals surface area contributed by atoms with Gasteiger partial charge in [0.2, 0.25) is 0 Å². The lowest BCUT2D eigenvalue weighted by molar-refractivity contribution is 0.399. The molecule has 2 aromatic rings. The predicted molar refractivity (Wildman–Crippen MR) is 82.8 cm³/mol. The molecule has 0 bridgehead atoms. The van der Waals surface area contributed by atoms with E-state index in [-0.39, 0.29) is 6.04 Å². The number of nitrogens with one attached hydrogen (secondary N) is 1. The van der Waals surface area contributed by atoms with Crippen molar-refractivity contribution in [2.24, 2.45) is 5.84 Å². The third-order valence-corrected chi connectivity index (χ3v) is 4.03. The molecule has 2 rings (SSSR count). The summed E-state index contributed by atoms with van der Waals surface area (Å²) in [6.07, 6.45) is 1.68. The standard InChI is InChI=1S/C13H16BrClN4O/c1-3-19-13(11(20-2)7-17-19)12(18-16)9-6-8(15)4-5-10(9)14/h4-7,12,18H,3,16H2,1-2H3. The molecule has 0 spiro atoms. The number of rotatable bonds is 5. The Balaban J connectivity index is 2.57. The van der Waals surface area contributed by atoms with Gasteiger partial charge in [-0.2, -0.15) is 5.10 Å². The normalized spacial score (nSPS) is 12.4. The molecule has 1 atom stereocenters. The smallest absolute Gasteiger partial charge is 0.161 e. The van der Waals surface area contributed by atoms with Crippen LogP contribution in [0.4, 0.5) is 0 Å². The predicted octanol–water partition coefficient (Wildman–Crippen LogP) is 2.88. The van der Waals surface area contributed by atoms with Gasteiger partial charge < -0.3 is 4.74 Å². The quantitative estimate of drug-likeness (QED) is 0.636. The van der Waals surface area contributed by atoms with Crippen LogP contribution in [0.1, 0.15) is 24.2 Å². The highest BCUT2D eigenvalue weighted by molar-refractivity contribution is 9.10. The van der Waals surface area contributed by atoms with E-state index in [0.717, 1.165) is 22.3 Å². The molecule has 1 unspecified atom stereocenters. The molecule has 1 aromatic heterocycles. The van der Waals surface area contributed by atoms with Crippen molar-refractivity contribution in [2.45, 2.75) is 19.5 Å². The minimum Gasteiger partial charge on any atom is -0.493 e. The second-order valence-corrected chi connectivity index (χ2v) is 5.47. The van der Waals surface area contributed by atoms with Crippen LogP contribution in [0.2, 0.25) is 5.02 Å². The van der Waals surface area contributed by atoms with Gasteiger partial charge in [-0.25, -0.2) is 5.43 Å². The van der Waals surface area contributed by atoms with Crippen molar-refractivity contribution < 1.29 is 4.74 Å². The highest BCUT2D eigenvalue weighted by atomic mass is 79.9. The summed E-state index contributed by atoms with van der Waals surface area (Å²) in [5.41, 5.74) is 4.59. The van der Waals surface area contributed by atoms with E-state index >= 15 is 0 Å². The van der Waals surface area contributed by atoms with Crippen LogP contribution in [0.25, 0.3) is 0 Å². The van der Waals surface area contributed by atoms with E-state index in [1.807, 2.05) is 29.8 Å². The maximum atomic E-state index is 6.08. The monoisotopic (exact) mass is 358 g/mol. The highest BCUT2D eigenvalue weighted by Gasteiger charge is 2.24. The molecular formula is C13H16BrClN4O. The Labute approximate surface area is 131 Å². The lowest BCUT2D eigenvalue weighted by Crippen LogP contribution is -2.31. The van der Waals surface area contributed by atoms with Gasteiger partial charge in [0.25, 0.3) is 0 Å². The van der Waals surface area contributed by atoms with E-state index in [2.05, 4.69) is 26.5 Å². The summed E-state index contributed by atoms with van der Waals surface area (Å²) in [5.74, 6) is 6.43. The fourth-order valence-electron chi connectivity index (χ4n) is 2.13. The van der Waals surface area contributed by atoms with E-state index in [1.54, 1.807) is 13.3 Å². The number of hydrazine groups is 1. The first kappa shape index (κ1) is 15.3. The zero-order valence-electron chi connectivity index (χ0n) is 11.2. The van der Waals surface area contributed by atoms with Crippen molar-refractivity contribution in [3.05, 3.63) is 45.1 Å². The molecule has 3 N–H and O–H groups in total. The zero-order valence-corrected chi connectivity index (χ0v) is 13.6. The number of hydrogen-bond donors (Lipinski definition) is 2. The Bertz CT molecular complexity index is 581. The molecule has 0 saturated heterocycles.